The van der Waals surface area contributed by atoms with Crippen LogP contribution in [0.2, 0.25) is 0 Å². The standard InChI is InChI=1S/C17H26N2OS/c1-3-5-13-7-9-14(10-8-13)19-16(15-6-4-11-21-15)18-12(2)17(19)20/h4,6,11-14,16,18H,3,5,7-10H2,1-2H3. The lowest BCUT2D eigenvalue weighted by atomic mass is 9.83. The van der Waals surface area contributed by atoms with Gasteiger partial charge in [-0.05, 0) is 50.0 Å². The molecule has 2 atom stereocenters. The van der Waals surface area contributed by atoms with E-state index >= 15 is 0 Å². The van der Waals surface area contributed by atoms with Crippen molar-refractivity contribution in [2.75, 3.05) is 0 Å². The summed E-state index contributed by atoms with van der Waals surface area (Å²) in [6, 6.07) is 4.59. The maximum atomic E-state index is 12.6. The summed E-state index contributed by atoms with van der Waals surface area (Å²) in [7, 11) is 0. The number of carbonyl (C=O) groups excluding carboxylic acids is 1. The number of nitrogens with one attached hydrogen (secondary N) is 1. The van der Waals surface area contributed by atoms with Gasteiger partial charge >= 0.3 is 0 Å². The summed E-state index contributed by atoms with van der Waals surface area (Å²) >= 11 is 1.74. The van der Waals surface area contributed by atoms with Crippen LogP contribution in [0.1, 0.15) is 63.4 Å². The lowest BCUT2D eigenvalue weighted by Gasteiger charge is -2.37. The monoisotopic (exact) mass is 306 g/mol. The number of carbonyl (C=O) groups is 1. The van der Waals surface area contributed by atoms with E-state index in [9.17, 15) is 4.79 Å². The van der Waals surface area contributed by atoms with Crippen LogP contribution in [-0.2, 0) is 4.79 Å². The minimum absolute atomic E-state index is 0.0505. The van der Waals surface area contributed by atoms with E-state index in [1.165, 1.54) is 43.4 Å². The van der Waals surface area contributed by atoms with Gasteiger partial charge in [-0.1, -0.05) is 25.8 Å². The molecule has 0 aromatic carbocycles. The molecule has 1 aromatic heterocycles. The summed E-state index contributed by atoms with van der Waals surface area (Å²) < 4.78 is 0. The Balaban J connectivity index is 1.71. The highest BCUT2D eigenvalue weighted by atomic mass is 32.1. The van der Waals surface area contributed by atoms with Crippen molar-refractivity contribution in [3.05, 3.63) is 22.4 Å². The highest BCUT2D eigenvalue weighted by Crippen LogP contribution is 2.37. The van der Waals surface area contributed by atoms with Gasteiger partial charge < -0.3 is 4.90 Å². The van der Waals surface area contributed by atoms with E-state index in [1.807, 2.05) is 6.92 Å². The Morgan fingerprint density at radius 3 is 2.71 bits per heavy atom. The molecule has 116 valence electrons. The Kier molecular flexibility index (Phi) is 4.65. The van der Waals surface area contributed by atoms with Crippen molar-refractivity contribution in [3.63, 3.8) is 0 Å². The number of hydrogen-bond acceptors (Lipinski definition) is 3. The molecule has 1 amide bonds. The van der Waals surface area contributed by atoms with E-state index < -0.39 is 0 Å². The van der Waals surface area contributed by atoms with Crippen molar-refractivity contribution in [1.82, 2.24) is 10.2 Å². The van der Waals surface area contributed by atoms with E-state index in [0.29, 0.717) is 6.04 Å². The Bertz CT molecular complexity index is 465. The largest absolute Gasteiger partial charge is 0.318 e. The SMILES string of the molecule is CCCC1CCC(N2C(=O)C(C)NC2c2cccs2)CC1. The zero-order valence-corrected chi connectivity index (χ0v) is 13.9. The Morgan fingerprint density at radius 1 is 1.33 bits per heavy atom. The highest BCUT2D eigenvalue weighted by Gasteiger charge is 2.42. The van der Waals surface area contributed by atoms with Crippen molar-refractivity contribution < 1.29 is 4.79 Å². The first kappa shape index (κ1) is 15.0. The van der Waals surface area contributed by atoms with Crippen LogP contribution in [0.4, 0.5) is 0 Å². The van der Waals surface area contributed by atoms with Gasteiger partial charge in [-0.15, -0.1) is 11.3 Å². The molecule has 1 N–H and O–H groups in total. The summed E-state index contributed by atoms with van der Waals surface area (Å²) in [5, 5.41) is 5.57. The molecule has 21 heavy (non-hydrogen) atoms. The molecule has 2 aliphatic rings. The van der Waals surface area contributed by atoms with Gasteiger partial charge in [-0.3, -0.25) is 10.1 Å². The summed E-state index contributed by atoms with van der Waals surface area (Å²) in [4.78, 5) is 16.0. The van der Waals surface area contributed by atoms with Gasteiger partial charge in [0.15, 0.2) is 0 Å². The average molecular weight is 306 g/mol. The van der Waals surface area contributed by atoms with E-state index in [1.54, 1.807) is 11.3 Å². The van der Waals surface area contributed by atoms with Crippen molar-refractivity contribution in [2.24, 2.45) is 5.92 Å². The summed E-state index contributed by atoms with van der Waals surface area (Å²) in [6.45, 7) is 4.26. The first-order chi connectivity index (χ1) is 10.2. The molecular weight excluding hydrogens is 280 g/mol. The zero-order valence-electron chi connectivity index (χ0n) is 13.0. The fraction of sp³-hybridized carbons (Fsp3) is 0.706. The molecule has 0 radical (unpaired) electrons. The Labute approximate surface area is 131 Å². The molecule has 1 aliphatic carbocycles. The van der Waals surface area contributed by atoms with Crippen molar-refractivity contribution in [3.8, 4) is 0 Å². The van der Waals surface area contributed by atoms with Crippen LogP contribution in [-0.4, -0.2) is 22.9 Å². The second kappa shape index (κ2) is 6.49. The number of rotatable bonds is 4. The fourth-order valence-electron chi connectivity index (χ4n) is 3.92. The maximum absolute atomic E-state index is 12.6. The van der Waals surface area contributed by atoms with Gasteiger partial charge in [-0.2, -0.15) is 0 Å². The van der Waals surface area contributed by atoms with Gasteiger partial charge in [0.05, 0.1) is 6.04 Å². The first-order valence-electron chi connectivity index (χ1n) is 8.32. The molecule has 4 heteroatoms. The van der Waals surface area contributed by atoms with Crippen LogP contribution in [0.5, 0.6) is 0 Å². The third-order valence-corrected chi connectivity index (χ3v) is 5.95. The molecule has 0 spiro atoms. The van der Waals surface area contributed by atoms with Gasteiger partial charge in [0, 0.05) is 10.9 Å². The van der Waals surface area contributed by atoms with Gasteiger partial charge in [0.25, 0.3) is 0 Å². The molecule has 0 bridgehead atoms. The molecule has 2 fully saturated rings. The van der Waals surface area contributed by atoms with Gasteiger partial charge in [-0.25, -0.2) is 0 Å². The van der Waals surface area contributed by atoms with Crippen LogP contribution in [0.15, 0.2) is 17.5 Å². The van der Waals surface area contributed by atoms with Crippen LogP contribution < -0.4 is 5.32 Å². The molecule has 3 nitrogen and oxygen atoms in total. The van der Waals surface area contributed by atoms with E-state index in [4.69, 9.17) is 0 Å². The van der Waals surface area contributed by atoms with E-state index in [2.05, 4.69) is 34.7 Å². The number of amides is 1. The molecule has 3 rings (SSSR count). The molecule has 2 unspecified atom stereocenters. The predicted molar refractivity (Wildman–Crippen MR) is 87.2 cm³/mol. The van der Waals surface area contributed by atoms with Crippen LogP contribution in [0, 0.1) is 5.92 Å². The molecule has 1 aliphatic heterocycles. The molecule has 1 saturated heterocycles. The summed E-state index contributed by atoms with van der Waals surface area (Å²) in [5.41, 5.74) is 0. The molecule has 2 heterocycles. The molecular formula is C17H26N2OS. The average Bonchev–Trinajstić information content (AvgIpc) is 3.10. The third-order valence-electron chi connectivity index (χ3n) is 5.03. The topological polar surface area (TPSA) is 32.3 Å². The second-order valence-electron chi connectivity index (χ2n) is 6.52. The Hall–Kier alpha value is -0.870. The normalized spacial score (nSPS) is 33.6. The molecule has 1 saturated carbocycles. The smallest absolute Gasteiger partial charge is 0.241 e. The number of nitrogens with zero attached hydrogens (tertiary/aromatic N) is 1. The first-order valence-corrected chi connectivity index (χ1v) is 9.20. The second-order valence-corrected chi connectivity index (χ2v) is 7.49. The fourth-order valence-corrected chi connectivity index (χ4v) is 4.70. The van der Waals surface area contributed by atoms with E-state index in [0.717, 1.165) is 5.92 Å². The Morgan fingerprint density at radius 2 is 2.10 bits per heavy atom. The minimum Gasteiger partial charge on any atom is -0.318 e. The highest BCUT2D eigenvalue weighted by molar-refractivity contribution is 7.10. The minimum atomic E-state index is -0.0505. The number of thiophene rings is 1. The van der Waals surface area contributed by atoms with E-state index in [-0.39, 0.29) is 18.1 Å². The van der Waals surface area contributed by atoms with Gasteiger partial charge in [0.1, 0.15) is 6.17 Å². The molecule has 1 aromatic rings. The number of hydrogen-bond donors (Lipinski definition) is 1. The van der Waals surface area contributed by atoms with Crippen molar-refractivity contribution >= 4 is 17.2 Å². The van der Waals surface area contributed by atoms with Crippen LogP contribution in [0.25, 0.3) is 0 Å². The van der Waals surface area contributed by atoms with Crippen LogP contribution >= 0.6 is 11.3 Å². The van der Waals surface area contributed by atoms with Crippen LogP contribution in [0.3, 0.4) is 0 Å². The quantitative estimate of drug-likeness (QED) is 0.914. The summed E-state index contributed by atoms with van der Waals surface area (Å²) in [5.74, 6) is 1.17. The third kappa shape index (κ3) is 3.02. The maximum Gasteiger partial charge on any atom is 0.241 e. The lowest BCUT2D eigenvalue weighted by molar-refractivity contribution is -0.133. The summed E-state index contributed by atoms with van der Waals surface area (Å²) in [6.07, 6.45) is 7.65. The predicted octanol–water partition coefficient (Wildman–Crippen LogP) is 3.93. The lowest BCUT2D eigenvalue weighted by Crippen LogP contribution is -2.42. The van der Waals surface area contributed by atoms with Gasteiger partial charge in [0.2, 0.25) is 5.91 Å². The van der Waals surface area contributed by atoms with Crippen molar-refractivity contribution in [1.29, 1.82) is 0 Å². The zero-order chi connectivity index (χ0) is 14.8. The van der Waals surface area contributed by atoms with Crippen molar-refractivity contribution in [2.45, 2.75) is 70.6 Å².